The van der Waals surface area contributed by atoms with Gasteiger partial charge in [0.2, 0.25) is 0 Å². The van der Waals surface area contributed by atoms with Crippen molar-refractivity contribution in [3.05, 3.63) is 60.0 Å². The van der Waals surface area contributed by atoms with E-state index in [0.717, 1.165) is 0 Å². The molecule has 3 rings (SSSR count). The van der Waals surface area contributed by atoms with E-state index in [9.17, 15) is 22.7 Å². The highest BCUT2D eigenvalue weighted by molar-refractivity contribution is 5.81. The Bertz CT molecular complexity index is 832. The number of benzene rings is 2. The fourth-order valence-electron chi connectivity index (χ4n) is 2.35. The minimum atomic E-state index is -3.25. The molecule has 7 heteroatoms. The van der Waals surface area contributed by atoms with Gasteiger partial charge in [-0.25, -0.2) is 22.2 Å². The minimum absolute atomic E-state index is 0.221. The van der Waals surface area contributed by atoms with Crippen molar-refractivity contribution < 1.29 is 22.7 Å². The van der Waals surface area contributed by atoms with Crippen molar-refractivity contribution in [2.75, 3.05) is 6.67 Å². The topological polar surface area (TPSA) is 38.1 Å². The van der Waals surface area contributed by atoms with E-state index in [-0.39, 0.29) is 5.56 Å². The van der Waals surface area contributed by atoms with Crippen molar-refractivity contribution in [2.24, 2.45) is 0 Å². The molecule has 1 heterocycles. The zero-order valence-corrected chi connectivity index (χ0v) is 11.8. The lowest BCUT2D eigenvalue weighted by molar-refractivity contribution is -0.114. The van der Waals surface area contributed by atoms with Crippen molar-refractivity contribution in [1.29, 1.82) is 0 Å². The summed E-state index contributed by atoms with van der Waals surface area (Å²) in [6.45, 7) is -1.59. The second-order valence-electron chi connectivity index (χ2n) is 5.16. The summed E-state index contributed by atoms with van der Waals surface area (Å²) in [4.78, 5) is 0. The number of aromatic nitrogens is 2. The van der Waals surface area contributed by atoms with Crippen molar-refractivity contribution >= 4 is 10.9 Å². The van der Waals surface area contributed by atoms with Crippen LogP contribution in [0.4, 0.5) is 17.6 Å². The Labute approximate surface area is 128 Å². The number of aliphatic hydroxyl groups is 1. The molecule has 1 N–H and O–H groups in total. The third kappa shape index (κ3) is 2.57. The van der Waals surface area contributed by atoms with Crippen LogP contribution < -0.4 is 0 Å². The highest BCUT2D eigenvalue weighted by Gasteiger charge is 2.40. The van der Waals surface area contributed by atoms with Crippen molar-refractivity contribution in [3.8, 4) is 5.69 Å². The molecular formula is C16H12F4N2O. The SMILES string of the molecule is OC(CF)(c1ccc2c(cnn2-c2ccc(F)cc2)c1)C(F)F. The molecule has 0 saturated heterocycles. The van der Waals surface area contributed by atoms with Gasteiger partial charge in [0.15, 0.2) is 5.60 Å². The van der Waals surface area contributed by atoms with Gasteiger partial charge in [-0.05, 0) is 42.0 Å². The van der Waals surface area contributed by atoms with Crippen LogP contribution in [0.1, 0.15) is 5.56 Å². The van der Waals surface area contributed by atoms with Gasteiger partial charge in [-0.2, -0.15) is 5.10 Å². The Morgan fingerprint density at radius 2 is 1.83 bits per heavy atom. The molecule has 0 bridgehead atoms. The van der Waals surface area contributed by atoms with Crippen LogP contribution in [-0.4, -0.2) is 28.0 Å². The molecule has 0 amide bonds. The Hall–Kier alpha value is -2.41. The summed E-state index contributed by atoms with van der Waals surface area (Å²) >= 11 is 0. The van der Waals surface area contributed by atoms with E-state index in [0.29, 0.717) is 16.6 Å². The van der Waals surface area contributed by atoms with E-state index >= 15 is 0 Å². The monoisotopic (exact) mass is 324 g/mol. The fourth-order valence-corrected chi connectivity index (χ4v) is 2.35. The molecule has 0 aliphatic heterocycles. The highest BCUT2D eigenvalue weighted by atomic mass is 19.3. The Balaban J connectivity index is 2.09. The summed E-state index contributed by atoms with van der Waals surface area (Å²) in [6.07, 6.45) is -1.84. The first-order valence-electron chi connectivity index (χ1n) is 6.76. The summed E-state index contributed by atoms with van der Waals surface area (Å²) in [5.74, 6) is -0.391. The predicted molar refractivity (Wildman–Crippen MR) is 76.9 cm³/mol. The molecule has 1 atom stereocenters. The third-order valence-corrected chi connectivity index (χ3v) is 3.70. The fraction of sp³-hybridized carbons (Fsp3) is 0.188. The van der Waals surface area contributed by atoms with E-state index in [1.165, 1.54) is 53.3 Å². The predicted octanol–water partition coefficient (Wildman–Crippen LogP) is 3.59. The van der Waals surface area contributed by atoms with Crippen LogP contribution >= 0.6 is 0 Å². The van der Waals surface area contributed by atoms with Gasteiger partial charge in [-0.3, -0.25) is 0 Å². The van der Waals surface area contributed by atoms with Gasteiger partial charge in [0.05, 0.1) is 17.4 Å². The van der Waals surface area contributed by atoms with Crippen LogP contribution in [-0.2, 0) is 5.60 Å². The molecule has 3 aromatic rings. The average molecular weight is 324 g/mol. The van der Waals surface area contributed by atoms with Crippen LogP contribution in [0, 0.1) is 5.82 Å². The Kier molecular flexibility index (Phi) is 3.81. The molecule has 0 saturated carbocycles. The van der Waals surface area contributed by atoms with E-state index in [1.54, 1.807) is 0 Å². The van der Waals surface area contributed by atoms with Crippen LogP contribution in [0.15, 0.2) is 48.7 Å². The maximum absolute atomic E-state index is 13.0. The van der Waals surface area contributed by atoms with Gasteiger partial charge in [0.25, 0.3) is 6.43 Å². The van der Waals surface area contributed by atoms with E-state index < -0.39 is 24.5 Å². The lowest BCUT2D eigenvalue weighted by atomic mass is 9.94. The molecule has 23 heavy (non-hydrogen) atoms. The van der Waals surface area contributed by atoms with Gasteiger partial charge in [-0.1, -0.05) is 6.07 Å². The number of fused-ring (bicyclic) bond motifs is 1. The summed E-state index contributed by atoms with van der Waals surface area (Å²) < 4.78 is 53.2. The molecule has 0 spiro atoms. The van der Waals surface area contributed by atoms with Gasteiger partial charge in [0.1, 0.15) is 12.5 Å². The van der Waals surface area contributed by atoms with Crippen molar-refractivity contribution in [3.63, 3.8) is 0 Å². The quantitative estimate of drug-likeness (QED) is 0.745. The number of hydrogen-bond donors (Lipinski definition) is 1. The number of nitrogens with zero attached hydrogens (tertiary/aromatic N) is 2. The molecule has 0 fully saturated rings. The lowest BCUT2D eigenvalue weighted by Gasteiger charge is -2.24. The molecule has 0 aliphatic carbocycles. The summed E-state index contributed by atoms with van der Waals surface area (Å²) in [7, 11) is 0. The van der Waals surface area contributed by atoms with Gasteiger partial charge < -0.3 is 5.11 Å². The molecule has 120 valence electrons. The lowest BCUT2D eigenvalue weighted by Crippen LogP contribution is -2.36. The second-order valence-corrected chi connectivity index (χ2v) is 5.16. The first kappa shape index (κ1) is 15.5. The summed E-state index contributed by atoms with van der Waals surface area (Å²) in [5.41, 5.74) is -1.91. The highest BCUT2D eigenvalue weighted by Crippen LogP contribution is 2.31. The number of alkyl halides is 3. The van der Waals surface area contributed by atoms with Crippen molar-refractivity contribution in [1.82, 2.24) is 9.78 Å². The zero-order valence-electron chi connectivity index (χ0n) is 11.8. The largest absolute Gasteiger partial charge is 0.377 e. The van der Waals surface area contributed by atoms with Crippen LogP contribution in [0.25, 0.3) is 16.6 Å². The van der Waals surface area contributed by atoms with Gasteiger partial charge in [0, 0.05) is 5.39 Å². The summed E-state index contributed by atoms with van der Waals surface area (Å²) in [6, 6.07) is 9.55. The van der Waals surface area contributed by atoms with Crippen molar-refractivity contribution in [2.45, 2.75) is 12.0 Å². The number of rotatable bonds is 4. The summed E-state index contributed by atoms with van der Waals surface area (Å²) in [5, 5.41) is 14.4. The molecule has 3 nitrogen and oxygen atoms in total. The molecule has 0 aliphatic rings. The van der Waals surface area contributed by atoms with Crippen LogP contribution in [0.5, 0.6) is 0 Å². The normalized spacial score (nSPS) is 14.3. The second kappa shape index (κ2) is 5.66. The van der Waals surface area contributed by atoms with Crippen LogP contribution in [0.3, 0.4) is 0 Å². The minimum Gasteiger partial charge on any atom is -0.377 e. The standard InChI is InChI=1S/C16H12F4N2O/c17-9-16(23,15(19)20)11-1-6-14-10(7-11)8-21-22(14)13-4-2-12(18)3-5-13/h1-8,15,23H,9H2. The van der Waals surface area contributed by atoms with E-state index in [1.807, 2.05) is 0 Å². The van der Waals surface area contributed by atoms with E-state index in [4.69, 9.17) is 0 Å². The maximum atomic E-state index is 13.0. The van der Waals surface area contributed by atoms with Gasteiger partial charge in [-0.15, -0.1) is 0 Å². The first-order chi connectivity index (χ1) is 11.0. The average Bonchev–Trinajstić information content (AvgIpc) is 2.97. The maximum Gasteiger partial charge on any atom is 0.273 e. The zero-order chi connectivity index (χ0) is 16.6. The Morgan fingerprint density at radius 1 is 1.13 bits per heavy atom. The molecular weight excluding hydrogens is 312 g/mol. The van der Waals surface area contributed by atoms with Crippen LogP contribution in [0.2, 0.25) is 0 Å². The molecule has 1 unspecified atom stereocenters. The first-order valence-corrected chi connectivity index (χ1v) is 6.76. The van der Waals surface area contributed by atoms with Gasteiger partial charge >= 0.3 is 0 Å². The molecule has 1 aromatic heterocycles. The molecule has 2 aromatic carbocycles. The van der Waals surface area contributed by atoms with E-state index in [2.05, 4.69) is 5.10 Å². The number of halogens is 4. The third-order valence-electron chi connectivity index (χ3n) is 3.70. The number of hydrogen-bond acceptors (Lipinski definition) is 2. The molecule has 0 radical (unpaired) electrons. The smallest absolute Gasteiger partial charge is 0.273 e. The Morgan fingerprint density at radius 3 is 2.43 bits per heavy atom.